The monoisotopic (exact) mass is 296 g/mol. The quantitative estimate of drug-likeness (QED) is 0.579. The third kappa shape index (κ3) is 4.69. The Balaban J connectivity index is 2.19. The molecule has 1 atom stereocenters. The molecule has 1 aromatic carbocycles. The SMILES string of the molecule is C=CCCC(=O)C(/C=C(\C)c1ccccc1)C1CCCCC1. The van der Waals surface area contributed by atoms with Crippen molar-refractivity contribution in [2.24, 2.45) is 11.8 Å². The van der Waals surface area contributed by atoms with E-state index in [4.69, 9.17) is 0 Å². The van der Waals surface area contributed by atoms with Crippen LogP contribution in [0.25, 0.3) is 5.57 Å². The minimum Gasteiger partial charge on any atom is -0.299 e. The number of benzene rings is 1. The third-order valence-electron chi connectivity index (χ3n) is 4.78. The topological polar surface area (TPSA) is 17.1 Å². The summed E-state index contributed by atoms with van der Waals surface area (Å²) in [6.45, 7) is 5.88. The Morgan fingerprint density at radius 2 is 1.91 bits per heavy atom. The molecule has 0 radical (unpaired) electrons. The summed E-state index contributed by atoms with van der Waals surface area (Å²) in [7, 11) is 0. The molecule has 0 aromatic heterocycles. The summed E-state index contributed by atoms with van der Waals surface area (Å²) in [5, 5.41) is 0. The van der Waals surface area contributed by atoms with Crippen molar-refractivity contribution in [3.63, 3.8) is 0 Å². The van der Waals surface area contributed by atoms with Gasteiger partial charge in [0, 0.05) is 12.3 Å². The first-order chi connectivity index (χ1) is 10.7. The number of carbonyl (C=O) groups is 1. The van der Waals surface area contributed by atoms with Crippen LogP contribution in [0.1, 0.15) is 57.4 Å². The fourth-order valence-electron chi connectivity index (χ4n) is 3.46. The van der Waals surface area contributed by atoms with E-state index in [1.807, 2.05) is 12.1 Å². The van der Waals surface area contributed by atoms with Crippen molar-refractivity contribution in [3.8, 4) is 0 Å². The molecular formula is C21H28O. The van der Waals surface area contributed by atoms with Gasteiger partial charge in [-0.2, -0.15) is 0 Å². The van der Waals surface area contributed by atoms with Crippen molar-refractivity contribution < 1.29 is 4.79 Å². The van der Waals surface area contributed by atoms with Gasteiger partial charge < -0.3 is 0 Å². The predicted octanol–water partition coefficient (Wildman–Crippen LogP) is 5.82. The lowest BCUT2D eigenvalue weighted by Gasteiger charge is -2.28. The summed E-state index contributed by atoms with van der Waals surface area (Å²) in [5.74, 6) is 1.01. The Hall–Kier alpha value is -1.63. The third-order valence-corrected chi connectivity index (χ3v) is 4.78. The molecule has 1 fully saturated rings. The maximum atomic E-state index is 12.7. The molecule has 1 heteroatoms. The molecule has 0 spiro atoms. The average Bonchev–Trinajstić information content (AvgIpc) is 2.59. The standard InChI is InChI=1S/C21H28O/c1-3-4-15-21(22)20(19-13-9-6-10-14-19)16-17(2)18-11-7-5-8-12-18/h3,5,7-8,11-12,16,19-20H,1,4,6,9-10,13-15H2,2H3/b17-16+. The van der Waals surface area contributed by atoms with Crippen LogP contribution in [0.5, 0.6) is 0 Å². The van der Waals surface area contributed by atoms with Gasteiger partial charge in [-0.15, -0.1) is 6.58 Å². The molecule has 118 valence electrons. The molecule has 1 saturated carbocycles. The molecule has 0 aliphatic heterocycles. The fourth-order valence-corrected chi connectivity index (χ4v) is 3.46. The molecular weight excluding hydrogens is 268 g/mol. The number of carbonyl (C=O) groups excluding carboxylic acids is 1. The molecule has 1 unspecified atom stereocenters. The Morgan fingerprint density at radius 1 is 1.23 bits per heavy atom. The van der Waals surface area contributed by atoms with Gasteiger partial charge in [0.15, 0.2) is 0 Å². The Kier molecular flexibility index (Phi) is 6.64. The van der Waals surface area contributed by atoms with E-state index >= 15 is 0 Å². The van der Waals surface area contributed by atoms with Gasteiger partial charge >= 0.3 is 0 Å². The van der Waals surface area contributed by atoms with Crippen LogP contribution in [0.3, 0.4) is 0 Å². The number of hydrogen-bond donors (Lipinski definition) is 0. The Bertz CT molecular complexity index is 506. The van der Waals surface area contributed by atoms with E-state index < -0.39 is 0 Å². The summed E-state index contributed by atoms with van der Waals surface area (Å²) in [6, 6.07) is 10.4. The first kappa shape index (κ1) is 16.7. The predicted molar refractivity (Wildman–Crippen MR) is 94.6 cm³/mol. The zero-order chi connectivity index (χ0) is 15.8. The maximum absolute atomic E-state index is 12.7. The van der Waals surface area contributed by atoms with E-state index in [9.17, 15) is 4.79 Å². The summed E-state index contributed by atoms with van der Waals surface area (Å²) in [5.41, 5.74) is 2.45. The highest BCUT2D eigenvalue weighted by Crippen LogP contribution is 2.33. The highest BCUT2D eigenvalue weighted by molar-refractivity contribution is 5.85. The molecule has 1 aliphatic rings. The number of allylic oxidation sites excluding steroid dienone is 3. The van der Waals surface area contributed by atoms with Gasteiger partial charge in [0.25, 0.3) is 0 Å². The molecule has 2 rings (SSSR count). The van der Waals surface area contributed by atoms with Crippen LogP contribution in [0.2, 0.25) is 0 Å². The molecule has 1 nitrogen and oxygen atoms in total. The van der Waals surface area contributed by atoms with E-state index in [0.29, 0.717) is 18.1 Å². The lowest BCUT2D eigenvalue weighted by atomic mass is 9.76. The second-order valence-corrected chi connectivity index (χ2v) is 6.43. The highest BCUT2D eigenvalue weighted by atomic mass is 16.1. The summed E-state index contributed by atoms with van der Waals surface area (Å²) in [6.07, 6.45) is 11.8. The molecule has 0 saturated heterocycles. The first-order valence-electron chi connectivity index (χ1n) is 8.60. The van der Waals surface area contributed by atoms with Crippen LogP contribution < -0.4 is 0 Å². The summed E-state index contributed by atoms with van der Waals surface area (Å²) >= 11 is 0. The molecule has 22 heavy (non-hydrogen) atoms. The average molecular weight is 296 g/mol. The fraction of sp³-hybridized carbons (Fsp3) is 0.476. The Labute approximate surface area is 135 Å². The minimum absolute atomic E-state index is 0.0838. The van der Waals surface area contributed by atoms with Crippen LogP contribution in [0.15, 0.2) is 49.1 Å². The van der Waals surface area contributed by atoms with Gasteiger partial charge in [0.1, 0.15) is 5.78 Å². The van der Waals surface area contributed by atoms with Gasteiger partial charge in [-0.1, -0.05) is 61.7 Å². The van der Waals surface area contributed by atoms with Crippen LogP contribution >= 0.6 is 0 Å². The minimum atomic E-state index is 0.0838. The second kappa shape index (κ2) is 8.73. The van der Waals surface area contributed by atoms with Crippen molar-refractivity contribution >= 4 is 11.4 Å². The smallest absolute Gasteiger partial charge is 0.140 e. The largest absolute Gasteiger partial charge is 0.299 e. The van der Waals surface area contributed by atoms with Crippen molar-refractivity contribution in [2.45, 2.75) is 51.9 Å². The number of ketones is 1. The molecule has 0 amide bonds. The van der Waals surface area contributed by atoms with Crippen LogP contribution in [0, 0.1) is 11.8 Å². The number of Topliss-reactive ketones (excluding diaryl/α,β-unsaturated/α-hetero) is 1. The maximum Gasteiger partial charge on any atom is 0.140 e. The number of rotatable bonds is 7. The zero-order valence-corrected chi connectivity index (χ0v) is 13.8. The van der Waals surface area contributed by atoms with E-state index in [2.05, 4.69) is 43.8 Å². The van der Waals surface area contributed by atoms with E-state index in [1.54, 1.807) is 0 Å². The van der Waals surface area contributed by atoms with Crippen molar-refractivity contribution in [3.05, 3.63) is 54.6 Å². The molecule has 0 bridgehead atoms. The molecule has 1 aromatic rings. The van der Waals surface area contributed by atoms with Crippen LogP contribution in [0.4, 0.5) is 0 Å². The number of hydrogen-bond acceptors (Lipinski definition) is 1. The van der Waals surface area contributed by atoms with Gasteiger partial charge in [-0.05, 0) is 43.2 Å². The van der Waals surface area contributed by atoms with Gasteiger partial charge in [-0.3, -0.25) is 4.79 Å². The van der Waals surface area contributed by atoms with Crippen molar-refractivity contribution in [2.75, 3.05) is 0 Å². The lowest BCUT2D eigenvalue weighted by Crippen LogP contribution is -2.24. The van der Waals surface area contributed by atoms with Gasteiger partial charge in [0.2, 0.25) is 0 Å². The van der Waals surface area contributed by atoms with Gasteiger partial charge in [-0.25, -0.2) is 0 Å². The summed E-state index contributed by atoms with van der Waals surface area (Å²) < 4.78 is 0. The molecule has 0 N–H and O–H groups in total. The second-order valence-electron chi connectivity index (χ2n) is 6.43. The van der Waals surface area contributed by atoms with E-state index in [0.717, 1.165) is 6.42 Å². The van der Waals surface area contributed by atoms with Crippen molar-refractivity contribution in [1.29, 1.82) is 0 Å². The van der Waals surface area contributed by atoms with Crippen LogP contribution in [-0.4, -0.2) is 5.78 Å². The summed E-state index contributed by atoms with van der Waals surface area (Å²) in [4.78, 5) is 12.7. The normalized spacial score (nSPS) is 18.0. The van der Waals surface area contributed by atoms with E-state index in [1.165, 1.54) is 43.2 Å². The van der Waals surface area contributed by atoms with Gasteiger partial charge in [0.05, 0.1) is 0 Å². The first-order valence-corrected chi connectivity index (χ1v) is 8.60. The molecule has 0 heterocycles. The van der Waals surface area contributed by atoms with E-state index in [-0.39, 0.29) is 5.92 Å². The molecule has 1 aliphatic carbocycles. The lowest BCUT2D eigenvalue weighted by molar-refractivity contribution is -0.123. The van der Waals surface area contributed by atoms with Crippen LogP contribution in [-0.2, 0) is 4.79 Å². The zero-order valence-electron chi connectivity index (χ0n) is 13.8. The Morgan fingerprint density at radius 3 is 2.55 bits per heavy atom. The van der Waals surface area contributed by atoms with Crippen molar-refractivity contribution in [1.82, 2.24) is 0 Å². The highest BCUT2D eigenvalue weighted by Gasteiger charge is 2.27.